The molecule has 0 N–H and O–H groups in total. The molecule has 67 heavy (non-hydrogen) atoms. The van der Waals surface area contributed by atoms with E-state index in [0.29, 0.717) is 57.8 Å². The van der Waals surface area contributed by atoms with Crippen LogP contribution in [0, 0.1) is 17.8 Å². The minimum absolute atomic E-state index is 0.0113. The summed E-state index contributed by atoms with van der Waals surface area (Å²) >= 11 is 7.25. The van der Waals surface area contributed by atoms with Crippen molar-refractivity contribution in [3.05, 3.63) is 12.2 Å². The third-order valence-electron chi connectivity index (χ3n) is 16.4. The molecular formula is C51H79ClO15. The first-order valence-corrected chi connectivity index (χ1v) is 26.1. The summed E-state index contributed by atoms with van der Waals surface area (Å²) in [7, 11) is 3.41. The van der Waals surface area contributed by atoms with Crippen LogP contribution in [-0.2, 0) is 71.2 Å². The second-order valence-corrected chi connectivity index (χ2v) is 22.9. The summed E-state index contributed by atoms with van der Waals surface area (Å²) in [6.07, 6.45) is 9.92. The van der Waals surface area contributed by atoms with E-state index in [4.69, 9.17) is 73.2 Å². The van der Waals surface area contributed by atoms with E-state index in [1.165, 1.54) is 0 Å². The number of carbonyl (C=O) groups excluding carboxylic acids is 2. The molecule has 8 fully saturated rings. The molecule has 20 atom stereocenters. The summed E-state index contributed by atoms with van der Waals surface area (Å²) in [6, 6.07) is 0. The second kappa shape index (κ2) is 19.9. The predicted octanol–water partition coefficient (Wildman–Crippen LogP) is 7.98. The summed E-state index contributed by atoms with van der Waals surface area (Å²) in [5.41, 5.74) is 0. The standard InChI is InChI=1S/C51H79ClO15/c1-29-15-19-49-21-17-38(55-8)45(66-49)46-44(64-48(6,7)65-46)30(2)13-14-37-43(52)41(56-9)27-50(61-37)20-16-31(3)51(67-50)28-40(36(63-51)18-22-53)58-42(54)26-33-12-10-11-32(57-33)23-34-24-35(25-39(29)62-49)60-47(4,5)59-34/h15,19,22,29-41,43-46H,10-14,16-18,20-21,23-28H2,1-9H3/t29-,30-,31-,32-,33+,34+,35-,36-,37+,38-,39+,40-,41+,43+,44-,45-,46-,49-,50+,51+/m0/s1. The molecule has 380 valence electrons. The lowest BCUT2D eigenvalue weighted by Gasteiger charge is -2.54. The van der Waals surface area contributed by atoms with Crippen molar-refractivity contribution in [3.8, 4) is 0 Å². The molecule has 0 aliphatic carbocycles. The Hall–Kier alpha value is -1.31. The number of rotatable bonds is 4. The molecule has 0 aromatic carbocycles. The smallest absolute Gasteiger partial charge is 0.308 e. The first-order valence-electron chi connectivity index (χ1n) is 25.6. The van der Waals surface area contributed by atoms with Gasteiger partial charge in [-0.05, 0) is 84.6 Å². The summed E-state index contributed by atoms with van der Waals surface area (Å²) in [6.45, 7) is 14.3. The first-order chi connectivity index (χ1) is 31.8. The van der Waals surface area contributed by atoms with E-state index in [0.717, 1.165) is 32.0 Å². The Bertz CT molecular complexity index is 1770. The van der Waals surface area contributed by atoms with Crippen LogP contribution < -0.4 is 0 Å². The van der Waals surface area contributed by atoms with Gasteiger partial charge in [0.15, 0.2) is 28.9 Å². The van der Waals surface area contributed by atoms with E-state index in [1.54, 1.807) is 14.2 Å². The van der Waals surface area contributed by atoms with Crippen LogP contribution >= 0.6 is 11.6 Å². The Morgan fingerprint density at radius 2 is 1.42 bits per heavy atom. The largest absolute Gasteiger partial charge is 0.459 e. The highest BCUT2D eigenvalue weighted by atomic mass is 35.5. The predicted molar refractivity (Wildman–Crippen MR) is 243 cm³/mol. The van der Waals surface area contributed by atoms with Crippen LogP contribution in [0.25, 0.3) is 0 Å². The fourth-order valence-corrected chi connectivity index (χ4v) is 13.4. The van der Waals surface area contributed by atoms with Crippen molar-refractivity contribution in [1.29, 1.82) is 0 Å². The van der Waals surface area contributed by atoms with Crippen LogP contribution in [0.15, 0.2) is 12.2 Å². The third kappa shape index (κ3) is 10.9. The molecule has 8 saturated heterocycles. The van der Waals surface area contributed by atoms with Crippen LogP contribution in [-0.4, -0.2) is 140 Å². The average molecular weight is 968 g/mol. The number of esters is 1. The van der Waals surface area contributed by atoms with Crippen LogP contribution in [0.3, 0.4) is 0 Å². The number of carbonyl (C=O) groups is 2. The van der Waals surface area contributed by atoms with Gasteiger partial charge in [-0.3, -0.25) is 4.79 Å². The quantitative estimate of drug-likeness (QED) is 0.116. The van der Waals surface area contributed by atoms with Gasteiger partial charge in [0.2, 0.25) is 0 Å². The maximum Gasteiger partial charge on any atom is 0.308 e. The molecule has 0 radical (unpaired) electrons. The Balaban J connectivity index is 1.01. The molecule has 0 aromatic heterocycles. The minimum Gasteiger partial charge on any atom is -0.459 e. The lowest BCUT2D eigenvalue weighted by atomic mass is 9.82. The second-order valence-electron chi connectivity index (χ2n) is 22.4. The highest BCUT2D eigenvalue weighted by Crippen LogP contribution is 2.54. The average Bonchev–Trinajstić information content (AvgIpc) is 3.78. The summed E-state index contributed by atoms with van der Waals surface area (Å²) in [5.74, 6) is -5.25. The highest BCUT2D eigenvalue weighted by Gasteiger charge is 2.62. The van der Waals surface area contributed by atoms with Gasteiger partial charge >= 0.3 is 5.97 Å². The zero-order valence-electron chi connectivity index (χ0n) is 41.4. The van der Waals surface area contributed by atoms with Crippen molar-refractivity contribution in [3.63, 3.8) is 0 Å². The first kappa shape index (κ1) is 50.6. The van der Waals surface area contributed by atoms with Crippen molar-refractivity contribution >= 4 is 23.9 Å². The van der Waals surface area contributed by atoms with Crippen LogP contribution in [0.1, 0.15) is 151 Å². The van der Waals surface area contributed by atoms with E-state index in [1.807, 2.05) is 27.7 Å². The van der Waals surface area contributed by atoms with E-state index in [2.05, 4.69) is 32.9 Å². The lowest BCUT2D eigenvalue weighted by Crippen LogP contribution is -2.61. The number of hydrogen-bond donors (Lipinski definition) is 0. The molecule has 0 saturated carbocycles. The molecule has 9 rings (SSSR count). The fourth-order valence-electron chi connectivity index (χ4n) is 13.0. The zero-order chi connectivity index (χ0) is 47.5. The Morgan fingerprint density at radius 1 is 0.701 bits per heavy atom. The Labute approximate surface area is 402 Å². The lowest BCUT2D eigenvalue weighted by molar-refractivity contribution is -0.413. The van der Waals surface area contributed by atoms with Crippen molar-refractivity contribution in [2.45, 2.75) is 265 Å². The number of alkyl halides is 1. The fraction of sp³-hybridized carbons (Fsp3) is 0.922. The van der Waals surface area contributed by atoms with Crippen molar-refractivity contribution in [2.75, 3.05) is 14.2 Å². The van der Waals surface area contributed by atoms with Gasteiger partial charge in [0.25, 0.3) is 0 Å². The molecule has 9 aliphatic heterocycles. The van der Waals surface area contributed by atoms with Crippen LogP contribution in [0.2, 0.25) is 0 Å². The molecular weight excluding hydrogens is 888 g/mol. The SMILES string of the molecule is CO[C@H]1CC[C@]23C=C[C@H](C)[C@@H](C[C@@H]4C[C@@H](C[C@@H]5CCC[C@H](CC(=O)O[C@H]6C[C@@]7(O[C@H]6CC=O)O[C@]6(CC[C@@H]7C)C[C@@H](OC)[C@H](Cl)[C@@H](CC[C@H](C)[C@@H]7OC(C)(C)O[C@@H]7[C@H]1O2)O6)O5)OC(C)(C)O4)O3. The monoisotopic (exact) mass is 967 g/mol. The summed E-state index contributed by atoms with van der Waals surface area (Å²) < 4.78 is 87.1. The Kier molecular flexibility index (Phi) is 15.1. The highest BCUT2D eigenvalue weighted by molar-refractivity contribution is 6.21. The summed E-state index contributed by atoms with van der Waals surface area (Å²) in [5, 5.41) is -0.453. The van der Waals surface area contributed by atoms with E-state index in [-0.39, 0.29) is 91.8 Å². The zero-order valence-corrected chi connectivity index (χ0v) is 42.1. The van der Waals surface area contributed by atoms with Gasteiger partial charge in [0, 0.05) is 77.4 Å². The molecule has 3 spiro atoms. The van der Waals surface area contributed by atoms with Crippen molar-refractivity contribution in [2.24, 2.45) is 17.8 Å². The molecule has 0 aromatic rings. The van der Waals surface area contributed by atoms with Gasteiger partial charge in [0.1, 0.15) is 30.7 Å². The van der Waals surface area contributed by atoms with Crippen molar-refractivity contribution < 1.29 is 71.2 Å². The molecule has 15 nitrogen and oxygen atoms in total. The number of methoxy groups -OCH3 is 2. The van der Waals surface area contributed by atoms with E-state index < -0.39 is 64.8 Å². The van der Waals surface area contributed by atoms with Crippen LogP contribution in [0.4, 0.5) is 0 Å². The molecule has 11 bridgehead atoms. The van der Waals surface area contributed by atoms with Crippen molar-refractivity contribution in [1.82, 2.24) is 0 Å². The number of ether oxygens (including phenoxy) is 13. The Morgan fingerprint density at radius 3 is 2.18 bits per heavy atom. The molecule has 0 amide bonds. The maximum absolute atomic E-state index is 13.8. The number of hydrogen-bond acceptors (Lipinski definition) is 15. The third-order valence-corrected chi connectivity index (χ3v) is 17.0. The molecule has 9 aliphatic rings. The normalized spacial score (nSPS) is 50.2. The molecule has 16 heteroatoms. The summed E-state index contributed by atoms with van der Waals surface area (Å²) in [4.78, 5) is 25.9. The van der Waals surface area contributed by atoms with Gasteiger partial charge in [0.05, 0.1) is 66.7 Å². The molecule has 0 unspecified atom stereocenters. The van der Waals surface area contributed by atoms with Gasteiger partial charge in [-0.15, -0.1) is 11.6 Å². The maximum atomic E-state index is 13.8. The molecule has 9 heterocycles. The van der Waals surface area contributed by atoms with Gasteiger partial charge < -0.3 is 66.4 Å². The van der Waals surface area contributed by atoms with Crippen LogP contribution in [0.5, 0.6) is 0 Å². The number of fused-ring (bicyclic) bond motifs is 10. The number of aldehydes is 1. The van der Waals surface area contributed by atoms with E-state index in [9.17, 15) is 9.59 Å². The minimum atomic E-state index is -1.16. The van der Waals surface area contributed by atoms with Gasteiger partial charge in [-0.1, -0.05) is 26.8 Å². The topological polar surface area (TPSA) is 154 Å². The van der Waals surface area contributed by atoms with Gasteiger partial charge in [-0.25, -0.2) is 0 Å². The van der Waals surface area contributed by atoms with E-state index >= 15 is 0 Å². The number of halogens is 1. The van der Waals surface area contributed by atoms with Gasteiger partial charge in [-0.2, -0.15) is 0 Å².